The summed E-state index contributed by atoms with van der Waals surface area (Å²) in [6.45, 7) is 2.47. The van der Waals surface area contributed by atoms with Crippen molar-refractivity contribution in [3.8, 4) is 11.6 Å². The van der Waals surface area contributed by atoms with E-state index < -0.39 is 24.1 Å². The molecule has 3 aromatic rings. The van der Waals surface area contributed by atoms with Crippen LogP contribution in [0, 0.1) is 5.82 Å². The summed E-state index contributed by atoms with van der Waals surface area (Å²) in [6.07, 6.45) is -0.163. The molecular formula is C23H23FN6O6. The van der Waals surface area contributed by atoms with Gasteiger partial charge in [-0.15, -0.1) is 0 Å². The number of benzene rings is 1. The van der Waals surface area contributed by atoms with E-state index in [1.807, 2.05) is 0 Å². The number of ether oxygens (including phenoxy) is 3. The first-order valence-corrected chi connectivity index (χ1v) is 11.2. The standard InChI is InChI=1S/C23H23FN6O6/c1-12(35-20-15(24)5-3-13-4-6-18(32)29(2)19(13)20)7-25-8-14-10-30(23(33)36-14)16-9-26-22-21(27-16)28-17(31)11-34-22/h3-6,9,12,14,25H,7-8,10-11H2,1-2H3,(H,27,28,31)/t12?,14-/m0/s1. The zero-order valence-electron chi connectivity index (χ0n) is 19.5. The van der Waals surface area contributed by atoms with Crippen LogP contribution in [0.5, 0.6) is 11.6 Å². The molecule has 0 saturated carbocycles. The Bertz CT molecular complexity index is 1410. The number of carbonyl (C=O) groups excluding carboxylic acids is 2. The third-order valence-electron chi connectivity index (χ3n) is 5.78. The summed E-state index contributed by atoms with van der Waals surface area (Å²) in [5.74, 6) is -0.378. The number of halogens is 1. The highest BCUT2D eigenvalue weighted by atomic mass is 19.1. The minimum absolute atomic E-state index is 0.00234. The Kier molecular flexibility index (Phi) is 6.14. The molecule has 4 heterocycles. The molecule has 0 spiro atoms. The normalized spacial score (nSPS) is 17.9. The number of amides is 2. The van der Waals surface area contributed by atoms with Crippen molar-refractivity contribution in [1.29, 1.82) is 0 Å². The molecule has 2 aliphatic heterocycles. The first-order chi connectivity index (χ1) is 17.3. The topological polar surface area (TPSA) is 137 Å². The van der Waals surface area contributed by atoms with E-state index >= 15 is 0 Å². The van der Waals surface area contributed by atoms with Crippen molar-refractivity contribution in [2.24, 2.45) is 7.05 Å². The fourth-order valence-electron chi connectivity index (χ4n) is 4.03. The van der Waals surface area contributed by atoms with Gasteiger partial charge < -0.3 is 29.4 Å². The molecule has 1 fully saturated rings. The van der Waals surface area contributed by atoms with Gasteiger partial charge in [0.15, 0.2) is 29.8 Å². The SMILES string of the molecule is CC(CNC[C@H]1CN(c2cnc3c(n2)NC(=O)CO3)C(=O)O1)Oc1c(F)ccc2ccc(=O)n(C)c12. The highest BCUT2D eigenvalue weighted by Gasteiger charge is 2.34. The Hall–Kier alpha value is -4.26. The van der Waals surface area contributed by atoms with E-state index in [0.29, 0.717) is 24.0 Å². The molecule has 0 radical (unpaired) electrons. The van der Waals surface area contributed by atoms with Crippen LogP contribution in [0.3, 0.4) is 0 Å². The zero-order valence-corrected chi connectivity index (χ0v) is 19.5. The van der Waals surface area contributed by atoms with Crippen LogP contribution in [0.1, 0.15) is 6.92 Å². The average molecular weight is 498 g/mol. The maximum atomic E-state index is 14.6. The maximum Gasteiger partial charge on any atom is 0.416 e. The Labute approximate surface area is 204 Å². The molecular weight excluding hydrogens is 475 g/mol. The lowest BCUT2D eigenvalue weighted by molar-refractivity contribution is -0.118. The van der Waals surface area contributed by atoms with E-state index in [1.165, 1.54) is 27.8 Å². The number of anilines is 2. The van der Waals surface area contributed by atoms with E-state index in [4.69, 9.17) is 14.2 Å². The van der Waals surface area contributed by atoms with Crippen LogP contribution in [-0.2, 0) is 16.6 Å². The molecule has 188 valence electrons. The number of nitrogens with zero attached hydrogens (tertiary/aromatic N) is 4. The van der Waals surface area contributed by atoms with Crippen molar-refractivity contribution in [3.63, 3.8) is 0 Å². The van der Waals surface area contributed by atoms with Gasteiger partial charge >= 0.3 is 6.09 Å². The number of hydrogen-bond acceptors (Lipinski definition) is 9. The van der Waals surface area contributed by atoms with Crippen molar-refractivity contribution in [3.05, 3.63) is 46.6 Å². The number of fused-ring (bicyclic) bond motifs is 2. The smallest absolute Gasteiger partial charge is 0.416 e. The Morgan fingerprint density at radius 3 is 2.92 bits per heavy atom. The van der Waals surface area contributed by atoms with Gasteiger partial charge in [0.05, 0.1) is 18.3 Å². The molecule has 1 aromatic carbocycles. The number of cyclic esters (lactones) is 1. The molecule has 1 unspecified atom stereocenters. The van der Waals surface area contributed by atoms with E-state index in [2.05, 4.69) is 20.6 Å². The quantitative estimate of drug-likeness (QED) is 0.492. The van der Waals surface area contributed by atoms with Crippen molar-refractivity contribution < 1.29 is 28.2 Å². The summed E-state index contributed by atoms with van der Waals surface area (Å²) >= 11 is 0. The first kappa shape index (κ1) is 23.5. The van der Waals surface area contributed by atoms with Gasteiger partial charge in [0.2, 0.25) is 0 Å². The van der Waals surface area contributed by atoms with Crippen LogP contribution in [0.15, 0.2) is 35.3 Å². The number of pyridine rings is 1. The third-order valence-corrected chi connectivity index (χ3v) is 5.78. The van der Waals surface area contributed by atoms with Crippen molar-refractivity contribution >= 4 is 34.5 Å². The van der Waals surface area contributed by atoms with Crippen LogP contribution < -0.4 is 30.6 Å². The van der Waals surface area contributed by atoms with Gasteiger partial charge in [0, 0.05) is 31.6 Å². The second kappa shape index (κ2) is 9.41. The van der Waals surface area contributed by atoms with Crippen molar-refractivity contribution in [2.45, 2.75) is 19.1 Å². The summed E-state index contributed by atoms with van der Waals surface area (Å²) < 4.78 is 32.3. The van der Waals surface area contributed by atoms with Crippen LogP contribution >= 0.6 is 0 Å². The van der Waals surface area contributed by atoms with Gasteiger partial charge in [0.25, 0.3) is 17.3 Å². The Morgan fingerprint density at radius 1 is 1.28 bits per heavy atom. The minimum Gasteiger partial charge on any atom is -0.484 e. The summed E-state index contributed by atoms with van der Waals surface area (Å²) in [4.78, 5) is 45.6. The van der Waals surface area contributed by atoms with Gasteiger partial charge in [-0.3, -0.25) is 14.5 Å². The van der Waals surface area contributed by atoms with Crippen LogP contribution in [0.2, 0.25) is 0 Å². The Balaban J connectivity index is 1.19. The summed E-state index contributed by atoms with van der Waals surface area (Å²) in [7, 11) is 1.56. The van der Waals surface area contributed by atoms with Gasteiger partial charge in [-0.2, -0.15) is 0 Å². The summed E-state index contributed by atoms with van der Waals surface area (Å²) in [5.41, 5.74) is 0.109. The largest absolute Gasteiger partial charge is 0.484 e. The second-order valence-corrected chi connectivity index (χ2v) is 8.47. The maximum absolute atomic E-state index is 14.6. The highest BCUT2D eigenvalue weighted by Crippen LogP contribution is 2.29. The van der Waals surface area contributed by atoms with Gasteiger partial charge in [0.1, 0.15) is 12.2 Å². The number of aryl methyl sites for hydroxylation is 1. The predicted octanol–water partition coefficient (Wildman–Crippen LogP) is 1.18. The first-order valence-electron chi connectivity index (χ1n) is 11.2. The molecule has 2 amide bonds. The number of hydrogen-bond donors (Lipinski definition) is 2. The molecule has 36 heavy (non-hydrogen) atoms. The van der Waals surface area contributed by atoms with E-state index in [9.17, 15) is 18.8 Å². The van der Waals surface area contributed by atoms with Crippen LogP contribution in [0.25, 0.3) is 10.9 Å². The monoisotopic (exact) mass is 498 g/mol. The number of aromatic nitrogens is 3. The fraction of sp³-hybridized carbons (Fsp3) is 0.348. The fourth-order valence-corrected chi connectivity index (χ4v) is 4.03. The molecule has 1 saturated heterocycles. The molecule has 2 aliphatic rings. The Morgan fingerprint density at radius 2 is 2.08 bits per heavy atom. The predicted molar refractivity (Wildman–Crippen MR) is 126 cm³/mol. The van der Waals surface area contributed by atoms with E-state index in [1.54, 1.807) is 26.1 Å². The van der Waals surface area contributed by atoms with E-state index in [-0.39, 0.29) is 47.9 Å². The molecule has 13 heteroatoms. The van der Waals surface area contributed by atoms with Gasteiger partial charge in [-0.1, -0.05) is 0 Å². The number of carbonyl (C=O) groups is 2. The van der Waals surface area contributed by atoms with Gasteiger partial charge in [-0.05, 0) is 25.1 Å². The van der Waals surface area contributed by atoms with Gasteiger partial charge in [-0.25, -0.2) is 19.2 Å². The van der Waals surface area contributed by atoms with Crippen molar-refractivity contribution in [1.82, 2.24) is 19.9 Å². The summed E-state index contributed by atoms with van der Waals surface area (Å²) in [5, 5.41) is 6.39. The van der Waals surface area contributed by atoms with E-state index in [0.717, 1.165) is 0 Å². The lowest BCUT2D eigenvalue weighted by Gasteiger charge is -2.19. The van der Waals surface area contributed by atoms with Crippen molar-refractivity contribution in [2.75, 3.05) is 36.5 Å². The molecule has 0 aliphatic carbocycles. The number of nitrogens with one attached hydrogen (secondary N) is 2. The third kappa shape index (κ3) is 4.52. The van der Waals surface area contributed by atoms with Crippen LogP contribution in [0.4, 0.5) is 20.8 Å². The molecule has 5 rings (SSSR count). The zero-order chi connectivity index (χ0) is 25.4. The highest BCUT2D eigenvalue weighted by molar-refractivity contribution is 5.94. The van der Waals surface area contributed by atoms with Crippen LogP contribution in [-0.4, -0.2) is 65.0 Å². The lowest BCUT2D eigenvalue weighted by atomic mass is 10.2. The molecule has 0 bridgehead atoms. The second-order valence-electron chi connectivity index (χ2n) is 8.47. The average Bonchev–Trinajstić information content (AvgIpc) is 3.22. The molecule has 2 aromatic heterocycles. The molecule has 12 nitrogen and oxygen atoms in total. The number of rotatable bonds is 7. The lowest BCUT2D eigenvalue weighted by Crippen LogP contribution is -2.36. The summed E-state index contributed by atoms with van der Waals surface area (Å²) in [6, 6.07) is 5.94. The molecule has 2 atom stereocenters. The minimum atomic E-state index is -0.595. The molecule has 2 N–H and O–H groups in total.